The Bertz CT molecular complexity index is 1050. The van der Waals surface area contributed by atoms with Crippen LogP contribution in [0.1, 0.15) is 24.6 Å². The van der Waals surface area contributed by atoms with Gasteiger partial charge in [-0.25, -0.2) is 9.97 Å². The van der Waals surface area contributed by atoms with Crippen molar-refractivity contribution in [3.05, 3.63) is 64.5 Å². The van der Waals surface area contributed by atoms with Crippen molar-refractivity contribution in [1.82, 2.24) is 9.97 Å². The van der Waals surface area contributed by atoms with Crippen molar-refractivity contribution in [2.24, 2.45) is 0 Å². The monoisotopic (exact) mass is 394 g/mol. The average molecular weight is 394 g/mol. The molecule has 1 aliphatic rings. The molecule has 0 saturated heterocycles. The molecule has 3 aromatic rings. The molecule has 4 rings (SSSR count). The number of rotatable bonds is 6. The van der Waals surface area contributed by atoms with Crippen LogP contribution in [0.2, 0.25) is 0 Å². The first kappa shape index (κ1) is 18.4. The summed E-state index contributed by atoms with van der Waals surface area (Å²) >= 11 is 1.40. The van der Waals surface area contributed by atoms with E-state index in [0.29, 0.717) is 11.6 Å². The number of hydrogen-bond acceptors (Lipinski definition) is 6. The molecule has 7 nitrogen and oxygen atoms in total. The largest absolute Gasteiger partial charge is 0.315 e. The minimum Gasteiger partial charge on any atom is -0.315 e. The third-order valence-electron chi connectivity index (χ3n) is 4.68. The molecule has 1 fully saturated rings. The summed E-state index contributed by atoms with van der Waals surface area (Å²) in [7, 11) is 1.66. The standard InChI is InChI=1S/C20H18N4O3S/c1-23(14-8-10-15(11-9-14)24(26)27)18(25)12-28-20-16-4-2-3-5-17(16)21-19(22-20)13-6-7-13/h2-5,8-11,13H,6-7,12H2,1H3. The molecule has 0 spiro atoms. The van der Waals surface area contributed by atoms with Gasteiger partial charge in [0.15, 0.2) is 0 Å². The number of anilines is 1. The number of para-hydroxylation sites is 1. The Labute approximate surface area is 165 Å². The highest BCUT2D eigenvalue weighted by Crippen LogP contribution is 2.39. The Morgan fingerprint density at radius 1 is 1.18 bits per heavy atom. The van der Waals surface area contributed by atoms with E-state index < -0.39 is 4.92 Å². The van der Waals surface area contributed by atoms with Crippen molar-refractivity contribution in [3.8, 4) is 0 Å². The van der Waals surface area contributed by atoms with E-state index in [4.69, 9.17) is 4.98 Å². The van der Waals surface area contributed by atoms with Crippen molar-refractivity contribution < 1.29 is 9.72 Å². The Balaban J connectivity index is 1.50. The van der Waals surface area contributed by atoms with Gasteiger partial charge in [-0.3, -0.25) is 14.9 Å². The zero-order valence-corrected chi connectivity index (χ0v) is 16.1. The van der Waals surface area contributed by atoms with Crippen LogP contribution >= 0.6 is 11.8 Å². The average Bonchev–Trinajstić information content (AvgIpc) is 3.56. The van der Waals surface area contributed by atoms with E-state index in [1.807, 2.05) is 24.3 Å². The maximum absolute atomic E-state index is 12.6. The maximum Gasteiger partial charge on any atom is 0.269 e. The highest BCUT2D eigenvalue weighted by atomic mass is 32.2. The molecule has 2 aromatic carbocycles. The zero-order chi connectivity index (χ0) is 19.7. The van der Waals surface area contributed by atoms with Crippen LogP contribution in [0.4, 0.5) is 11.4 Å². The van der Waals surface area contributed by atoms with Gasteiger partial charge in [0.1, 0.15) is 10.9 Å². The van der Waals surface area contributed by atoms with Crippen LogP contribution in [0.15, 0.2) is 53.6 Å². The van der Waals surface area contributed by atoms with E-state index >= 15 is 0 Å². The maximum atomic E-state index is 12.6. The van der Waals surface area contributed by atoms with Crippen LogP contribution in [0, 0.1) is 10.1 Å². The number of nitro benzene ring substituents is 1. The Kier molecular flexibility index (Phi) is 4.95. The van der Waals surface area contributed by atoms with Crippen molar-refractivity contribution in [1.29, 1.82) is 0 Å². The highest BCUT2D eigenvalue weighted by molar-refractivity contribution is 8.00. The topological polar surface area (TPSA) is 89.2 Å². The molecule has 0 atom stereocenters. The van der Waals surface area contributed by atoms with Gasteiger partial charge < -0.3 is 4.90 Å². The van der Waals surface area contributed by atoms with Gasteiger partial charge in [0.2, 0.25) is 5.91 Å². The molecule has 1 amide bonds. The van der Waals surface area contributed by atoms with E-state index in [1.165, 1.54) is 28.8 Å². The number of nitro groups is 1. The fourth-order valence-corrected chi connectivity index (χ4v) is 3.81. The summed E-state index contributed by atoms with van der Waals surface area (Å²) in [6, 6.07) is 13.8. The second kappa shape index (κ2) is 7.55. The van der Waals surface area contributed by atoms with E-state index in [9.17, 15) is 14.9 Å². The van der Waals surface area contributed by atoms with Crippen LogP contribution in [-0.2, 0) is 4.79 Å². The number of hydrogen-bond donors (Lipinski definition) is 0. The lowest BCUT2D eigenvalue weighted by Crippen LogP contribution is -2.27. The summed E-state index contributed by atoms with van der Waals surface area (Å²) in [5.74, 6) is 1.41. The van der Waals surface area contributed by atoms with Gasteiger partial charge in [0.25, 0.3) is 5.69 Å². The van der Waals surface area contributed by atoms with Gasteiger partial charge in [0.05, 0.1) is 16.2 Å². The molecule has 1 saturated carbocycles. The molecule has 0 radical (unpaired) electrons. The van der Waals surface area contributed by atoms with Crippen LogP contribution < -0.4 is 4.90 Å². The number of aromatic nitrogens is 2. The molecule has 0 bridgehead atoms. The smallest absolute Gasteiger partial charge is 0.269 e. The quantitative estimate of drug-likeness (QED) is 0.270. The van der Waals surface area contributed by atoms with Crippen molar-refractivity contribution in [2.45, 2.75) is 23.8 Å². The molecular formula is C20H18N4O3S. The van der Waals surface area contributed by atoms with Crippen LogP contribution in [0.5, 0.6) is 0 Å². The number of thioether (sulfide) groups is 1. The summed E-state index contributed by atoms with van der Waals surface area (Å²) in [4.78, 5) is 33.8. The first-order valence-electron chi connectivity index (χ1n) is 8.93. The van der Waals surface area contributed by atoms with Crippen molar-refractivity contribution in [3.63, 3.8) is 0 Å². The van der Waals surface area contributed by atoms with E-state index in [2.05, 4.69) is 4.98 Å². The molecule has 0 N–H and O–H groups in total. The zero-order valence-electron chi connectivity index (χ0n) is 15.2. The normalized spacial score (nSPS) is 13.5. The second-order valence-corrected chi connectivity index (χ2v) is 7.66. The van der Waals surface area contributed by atoms with Gasteiger partial charge in [-0.15, -0.1) is 0 Å². The molecule has 8 heteroatoms. The lowest BCUT2D eigenvalue weighted by atomic mass is 10.2. The van der Waals surface area contributed by atoms with Gasteiger partial charge in [-0.1, -0.05) is 30.0 Å². The number of carbonyl (C=O) groups excluding carboxylic acids is 1. The number of fused-ring (bicyclic) bond motifs is 1. The third-order valence-corrected chi connectivity index (χ3v) is 5.66. The molecule has 0 unspecified atom stereocenters. The summed E-state index contributed by atoms with van der Waals surface area (Å²) in [6.07, 6.45) is 2.23. The first-order valence-corrected chi connectivity index (χ1v) is 9.92. The number of amides is 1. The highest BCUT2D eigenvalue weighted by Gasteiger charge is 2.27. The number of benzene rings is 2. The number of carbonyl (C=O) groups is 1. The Morgan fingerprint density at radius 2 is 1.89 bits per heavy atom. The van der Waals surface area contributed by atoms with Gasteiger partial charge >= 0.3 is 0 Å². The minimum atomic E-state index is -0.459. The summed E-state index contributed by atoms with van der Waals surface area (Å²) < 4.78 is 0. The van der Waals surface area contributed by atoms with Gasteiger partial charge in [0, 0.05) is 36.2 Å². The Hall–Kier alpha value is -3.00. The van der Waals surface area contributed by atoms with Crippen molar-refractivity contribution in [2.75, 3.05) is 17.7 Å². The van der Waals surface area contributed by atoms with Crippen LogP contribution in [0.3, 0.4) is 0 Å². The predicted molar refractivity (Wildman–Crippen MR) is 109 cm³/mol. The molecule has 1 heterocycles. The Morgan fingerprint density at radius 3 is 2.57 bits per heavy atom. The van der Waals surface area contributed by atoms with Crippen molar-refractivity contribution >= 4 is 39.9 Å². The minimum absolute atomic E-state index is 0.000894. The third kappa shape index (κ3) is 3.82. The summed E-state index contributed by atoms with van der Waals surface area (Å²) in [6.45, 7) is 0. The fraction of sp³-hybridized carbons (Fsp3) is 0.250. The van der Waals surface area contributed by atoms with Gasteiger partial charge in [-0.05, 0) is 31.0 Å². The molecule has 1 aliphatic carbocycles. The molecular weight excluding hydrogens is 376 g/mol. The molecule has 0 aliphatic heterocycles. The van der Waals surface area contributed by atoms with E-state index in [0.717, 1.165) is 34.6 Å². The van der Waals surface area contributed by atoms with E-state index in [-0.39, 0.29) is 17.3 Å². The lowest BCUT2D eigenvalue weighted by molar-refractivity contribution is -0.384. The molecule has 1 aromatic heterocycles. The summed E-state index contributed by atoms with van der Waals surface area (Å²) in [5.41, 5.74) is 1.51. The summed E-state index contributed by atoms with van der Waals surface area (Å²) in [5, 5.41) is 12.5. The SMILES string of the molecule is CN(C(=O)CSc1nc(C2CC2)nc2ccccc12)c1ccc([N+](=O)[O-])cc1. The van der Waals surface area contributed by atoms with Gasteiger partial charge in [-0.2, -0.15) is 0 Å². The van der Waals surface area contributed by atoms with Crippen LogP contribution in [0.25, 0.3) is 10.9 Å². The second-order valence-electron chi connectivity index (χ2n) is 6.69. The van der Waals surface area contributed by atoms with E-state index in [1.54, 1.807) is 19.2 Å². The number of non-ortho nitro benzene ring substituents is 1. The number of nitrogens with zero attached hydrogens (tertiary/aromatic N) is 4. The fourth-order valence-electron chi connectivity index (χ4n) is 2.87. The predicted octanol–water partition coefficient (Wildman–Crippen LogP) is 4.17. The molecule has 142 valence electrons. The molecule has 28 heavy (non-hydrogen) atoms. The van der Waals surface area contributed by atoms with Crippen LogP contribution in [-0.4, -0.2) is 33.6 Å². The lowest BCUT2D eigenvalue weighted by Gasteiger charge is -2.17. The first-order chi connectivity index (χ1) is 13.5.